The van der Waals surface area contributed by atoms with Gasteiger partial charge >= 0.3 is 0 Å². The number of hydrogen-bond donors (Lipinski definition) is 2. The summed E-state index contributed by atoms with van der Waals surface area (Å²) in [5.74, 6) is -0.226. The van der Waals surface area contributed by atoms with Crippen molar-refractivity contribution in [2.75, 3.05) is 0 Å². The van der Waals surface area contributed by atoms with Crippen molar-refractivity contribution in [3.05, 3.63) is 47.3 Å². The zero-order valence-corrected chi connectivity index (χ0v) is 10.5. The summed E-state index contributed by atoms with van der Waals surface area (Å²) in [6, 6.07) is 8.17. The van der Waals surface area contributed by atoms with E-state index in [1.54, 1.807) is 0 Å². The third kappa shape index (κ3) is 2.74. The minimum absolute atomic E-state index is 0.0555. The summed E-state index contributed by atoms with van der Waals surface area (Å²) < 4.78 is 0. The Morgan fingerprint density at radius 1 is 1.39 bits per heavy atom. The van der Waals surface area contributed by atoms with Gasteiger partial charge in [0.25, 0.3) is 5.91 Å². The van der Waals surface area contributed by atoms with Gasteiger partial charge in [0.05, 0.1) is 12.2 Å². The second-order valence-corrected chi connectivity index (χ2v) is 4.15. The highest BCUT2D eigenvalue weighted by Crippen LogP contribution is 2.14. The molecule has 0 aliphatic rings. The average molecular weight is 244 g/mol. The van der Waals surface area contributed by atoms with Crippen LogP contribution < -0.4 is 5.32 Å². The van der Waals surface area contributed by atoms with Crippen LogP contribution in [0.4, 0.5) is 0 Å². The molecule has 1 amide bonds. The number of aromatic amines is 1. The fourth-order valence-electron chi connectivity index (χ4n) is 1.71. The highest BCUT2D eigenvalue weighted by atomic mass is 16.2. The maximum Gasteiger partial charge on any atom is 0.273 e. The molecule has 1 atom stereocenters. The lowest BCUT2D eigenvalue weighted by Gasteiger charge is -2.13. The van der Waals surface area contributed by atoms with Crippen molar-refractivity contribution >= 4 is 5.91 Å². The summed E-state index contributed by atoms with van der Waals surface area (Å²) in [4.78, 5) is 11.8. The van der Waals surface area contributed by atoms with Crippen molar-refractivity contribution in [2.45, 2.75) is 26.3 Å². The Bertz CT molecular complexity index is 504. The van der Waals surface area contributed by atoms with Crippen LogP contribution in [0, 0.1) is 0 Å². The van der Waals surface area contributed by atoms with Crippen LogP contribution in [-0.4, -0.2) is 21.3 Å². The number of aryl methyl sites for hydroxylation is 1. The van der Waals surface area contributed by atoms with Gasteiger partial charge in [-0.25, -0.2) is 0 Å². The summed E-state index contributed by atoms with van der Waals surface area (Å²) in [6.07, 6.45) is 2.42. The summed E-state index contributed by atoms with van der Waals surface area (Å²) >= 11 is 0. The maximum absolute atomic E-state index is 11.8. The first-order chi connectivity index (χ1) is 8.70. The van der Waals surface area contributed by atoms with Gasteiger partial charge in [-0.2, -0.15) is 15.4 Å². The molecule has 5 heteroatoms. The number of aromatic nitrogens is 3. The van der Waals surface area contributed by atoms with Crippen LogP contribution in [0.15, 0.2) is 30.5 Å². The molecule has 2 N–H and O–H groups in total. The van der Waals surface area contributed by atoms with E-state index in [1.165, 1.54) is 11.8 Å². The molecule has 18 heavy (non-hydrogen) atoms. The fraction of sp³-hybridized carbons (Fsp3) is 0.308. The molecule has 0 bridgehead atoms. The number of rotatable bonds is 4. The molecular weight excluding hydrogens is 228 g/mol. The summed E-state index contributed by atoms with van der Waals surface area (Å²) in [6.45, 7) is 4.06. The Morgan fingerprint density at radius 3 is 2.67 bits per heavy atom. The Hall–Kier alpha value is -2.17. The Balaban J connectivity index is 2.02. The predicted octanol–water partition coefficient (Wildman–Crippen LogP) is 1.86. The van der Waals surface area contributed by atoms with E-state index in [-0.39, 0.29) is 11.9 Å². The molecule has 1 unspecified atom stereocenters. The molecule has 2 rings (SSSR count). The lowest BCUT2D eigenvalue weighted by molar-refractivity contribution is 0.0935. The molecular formula is C13H16N4O. The number of amides is 1. The van der Waals surface area contributed by atoms with Gasteiger partial charge in [-0.05, 0) is 24.5 Å². The minimum Gasteiger partial charge on any atom is -0.344 e. The zero-order valence-electron chi connectivity index (χ0n) is 10.5. The van der Waals surface area contributed by atoms with E-state index in [4.69, 9.17) is 0 Å². The quantitative estimate of drug-likeness (QED) is 0.862. The van der Waals surface area contributed by atoms with Gasteiger partial charge in [0.15, 0.2) is 5.69 Å². The van der Waals surface area contributed by atoms with Crippen LogP contribution in [0.2, 0.25) is 0 Å². The maximum atomic E-state index is 11.8. The van der Waals surface area contributed by atoms with Crippen molar-refractivity contribution in [3.63, 3.8) is 0 Å². The SMILES string of the molecule is CCc1ccc(C(C)NC(=O)c2cn[nH]n2)cc1. The molecule has 2 aromatic rings. The first-order valence-electron chi connectivity index (χ1n) is 5.96. The second kappa shape index (κ2) is 5.44. The molecule has 0 saturated carbocycles. The van der Waals surface area contributed by atoms with Crippen molar-refractivity contribution in [2.24, 2.45) is 0 Å². The molecule has 0 fully saturated rings. The minimum atomic E-state index is -0.226. The average Bonchev–Trinajstić information content (AvgIpc) is 2.92. The molecule has 94 valence electrons. The van der Waals surface area contributed by atoms with Crippen LogP contribution in [0.3, 0.4) is 0 Å². The lowest BCUT2D eigenvalue weighted by Crippen LogP contribution is -2.26. The Labute approximate surface area is 106 Å². The monoisotopic (exact) mass is 244 g/mol. The topological polar surface area (TPSA) is 70.7 Å². The molecule has 0 aliphatic heterocycles. The zero-order chi connectivity index (χ0) is 13.0. The number of H-pyrrole nitrogens is 1. The molecule has 0 saturated heterocycles. The van der Waals surface area contributed by atoms with Gasteiger partial charge in [0, 0.05) is 0 Å². The number of carbonyl (C=O) groups is 1. The van der Waals surface area contributed by atoms with Gasteiger partial charge in [0.1, 0.15) is 0 Å². The number of nitrogens with zero attached hydrogens (tertiary/aromatic N) is 2. The molecule has 1 aromatic carbocycles. The first-order valence-corrected chi connectivity index (χ1v) is 5.96. The molecule has 1 heterocycles. The number of carbonyl (C=O) groups excluding carboxylic acids is 1. The normalized spacial score (nSPS) is 12.1. The predicted molar refractivity (Wildman–Crippen MR) is 68.1 cm³/mol. The van der Waals surface area contributed by atoms with Crippen molar-refractivity contribution in [1.29, 1.82) is 0 Å². The van der Waals surface area contributed by atoms with Crippen LogP contribution in [-0.2, 0) is 6.42 Å². The number of hydrogen-bond acceptors (Lipinski definition) is 3. The third-order valence-electron chi connectivity index (χ3n) is 2.88. The van der Waals surface area contributed by atoms with E-state index in [0.29, 0.717) is 5.69 Å². The summed E-state index contributed by atoms with van der Waals surface area (Å²) in [5.41, 5.74) is 2.66. The van der Waals surface area contributed by atoms with E-state index in [9.17, 15) is 4.79 Å². The van der Waals surface area contributed by atoms with Crippen molar-refractivity contribution < 1.29 is 4.79 Å². The third-order valence-corrected chi connectivity index (χ3v) is 2.88. The van der Waals surface area contributed by atoms with E-state index >= 15 is 0 Å². The molecule has 5 nitrogen and oxygen atoms in total. The van der Waals surface area contributed by atoms with Gasteiger partial charge < -0.3 is 5.32 Å². The van der Waals surface area contributed by atoms with Gasteiger partial charge in [-0.15, -0.1) is 0 Å². The van der Waals surface area contributed by atoms with Crippen molar-refractivity contribution in [1.82, 2.24) is 20.7 Å². The molecule has 0 spiro atoms. The highest BCUT2D eigenvalue weighted by molar-refractivity contribution is 5.92. The standard InChI is InChI=1S/C13H16N4O/c1-3-10-4-6-11(7-5-10)9(2)15-13(18)12-8-14-17-16-12/h4-9H,3H2,1-2H3,(H,15,18)(H,14,16,17). The van der Waals surface area contributed by atoms with Crippen LogP contribution >= 0.6 is 0 Å². The Kier molecular flexibility index (Phi) is 3.72. The summed E-state index contributed by atoms with van der Waals surface area (Å²) in [5, 5.41) is 12.6. The van der Waals surface area contributed by atoms with Crippen LogP contribution in [0.25, 0.3) is 0 Å². The lowest BCUT2D eigenvalue weighted by atomic mass is 10.0. The number of nitrogens with one attached hydrogen (secondary N) is 2. The molecule has 1 aromatic heterocycles. The summed E-state index contributed by atoms with van der Waals surface area (Å²) in [7, 11) is 0. The molecule has 0 radical (unpaired) electrons. The van der Waals surface area contributed by atoms with Crippen LogP contribution in [0.5, 0.6) is 0 Å². The second-order valence-electron chi connectivity index (χ2n) is 4.15. The largest absolute Gasteiger partial charge is 0.344 e. The fourth-order valence-corrected chi connectivity index (χ4v) is 1.71. The van der Waals surface area contributed by atoms with E-state index in [1.807, 2.05) is 19.1 Å². The number of benzene rings is 1. The molecule has 0 aliphatic carbocycles. The van der Waals surface area contributed by atoms with E-state index in [0.717, 1.165) is 12.0 Å². The van der Waals surface area contributed by atoms with Gasteiger partial charge in [-0.3, -0.25) is 4.79 Å². The van der Waals surface area contributed by atoms with E-state index < -0.39 is 0 Å². The van der Waals surface area contributed by atoms with Gasteiger partial charge in [0.2, 0.25) is 0 Å². The highest BCUT2D eigenvalue weighted by Gasteiger charge is 2.13. The smallest absolute Gasteiger partial charge is 0.273 e. The van der Waals surface area contributed by atoms with Crippen molar-refractivity contribution in [3.8, 4) is 0 Å². The first kappa shape index (κ1) is 12.3. The van der Waals surface area contributed by atoms with E-state index in [2.05, 4.69) is 39.8 Å². The van der Waals surface area contributed by atoms with Gasteiger partial charge in [-0.1, -0.05) is 31.2 Å². The Morgan fingerprint density at radius 2 is 2.11 bits per heavy atom. The van der Waals surface area contributed by atoms with Crippen LogP contribution in [0.1, 0.15) is 41.5 Å².